The highest BCUT2D eigenvalue weighted by molar-refractivity contribution is 5.76. The third-order valence-corrected chi connectivity index (χ3v) is 6.49. The largest absolute Gasteiger partial charge is 0.497 e. The number of ether oxygens (including phenoxy) is 1. The Morgan fingerprint density at radius 3 is 2.50 bits per heavy atom. The van der Waals surface area contributed by atoms with Gasteiger partial charge in [-0.3, -0.25) is 9.59 Å². The molecule has 3 heterocycles. The summed E-state index contributed by atoms with van der Waals surface area (Å²) in [6, 6.07) is 19.7. The lowest BCUT2D eigenvalue weighted by atomic mass is 9.90. The lowest BCUT2D eigenvalue weighted by Crippen LogP contribution is -2.42. The highest BCUT2D eigenvalue weighted by Gasteiger charge is 2.24. The van der Waals surface area contributed by atoms with Gasteiger partial charge < -0.3 is 9.64 Å². The summed E-state index contributed by atoms with van der Waals surface area (Å²) in [4.78, 5) is 27.7. The Morgan fingerprint density at radius 2 is 1.79 bits per heavy atom. The SMILES string of the molecule is COc1ccc(-c2cc3c(=O)n(CC(=O)N4CCC(Cc5ccccc5)CC4)ncn3n2)cc1. The van der Waals surface area contributed by atoms with Crippen molar-refractivity contribution in [2.75, 3.05) is 20.2 Å². The van der Waals surface area contributed by atoms with Gasteiger partial charge in [-0.05, 0) is 61.1 Å². The number of benzene rings is 2. The maximum absolute atomic E-state index is 13.0. The quantitative estimate of drug-likeness (QED) is 0.445. The van der Waals surface area contributed by atoms with Crippen molar-refractivity contribution in [3.05, 3.63) is 82.9 Å². The van der Waals surface area contributed by atoms with Gasteiger partial charge in [0.25, 0.3) is 5.56 Å². The molecular formula is C26H27N5O3. The molecule has 8 nitrogen and oxygen atoms in total. The summed E-state index contributed by atoms with van der Waals surface area (Å²) in [5.41, 5.74) is 2.92. The van der Waals surface area contributed by atoms with Crippen LogP contribution in [0.4, 0.5) is 0 Å². The fraction of sp³-hybridized carbons (Fsp3) is 0.308. The molecule has 1 fully saturated rings. The fourth-order valence-electron chi connectivity index (χ4n) is 4.52. The van der Waals surface area contributed by atoms with Gasteiger partial charge in [-0.25, -0.2) is 9.20 Å². The minimum Gasteiger partial charge on any atom is -0.497 e. The monoisotopic (exact) mass is 457 g/mol. The van der Waals surface area contributed by atoms with E-state index in [1.807, 2.05) is 35.2 Å². The molecular weight excluding hydrogens is 430 g/mol. The summed E-state index contributed by atoms with van der Waals surface area (Å²) in [5, 5.41) is 8.64. The molecule has 1 amide bonds. The zero-order valence-corrected chi connectivity index (χ0v) is 19.1. The third kappa shape index (κ3) is 4.57. The van der Waals surface area contributed by atoms with Crippen LogP contribution in [0.2, 0.25) is 0 Å². The number of rotatable bonds is 6. The van der Waals surface area contributed by atoms with Crippen LogP contribution in [0.25, 0.3) is 16.8 Å². The Hall–Kier alpha value is -3.94. The molecule has 8 heteroatoms. The van der Waals surface area contributed by atoms with Crippen molar-refractivity contribution in [2.45, 2.75) is 25.8 Å². The molecule has 0 aliphatic carbocycles. The van der Waals surface area contributed by atoms with E-state index in [4.69, 9.17) is 4.74 Å². The van der Waals surface area contributed by atoms with Crippen molar-refractivity contribution in [3.63, 3.8) is 0 Å². The summed E-state index contributed by atoms with van der Waals surface area (Å²) in [7, 11) is 1.61. The van der Waals surface area contributed by atoms with Gasteiger partial charge in [0.15, 0.2) is 0 Å². The minimum absolute atomic E-state index is 0.0677. The van der Waals surface area contributed by atoms with Gasteiger partial charge in [0.2, 0.25) is 5.91 Å². The van der Waals surface area contributed by atoms with E-state index in [0.717, 1.165) is 30.6 Å². The van der Waals surface area contributed by atoms with E-state index in [9.17, 15) is 9.59 Å². The Balaban J connectivity index is 1.25. The van der Waals surface area contributed by atoms with Crippen molar-refractivity contribution in [1.29, 1.82) is 0 Å². The van der Waals surface area contributed by atoms with Crippen LogP contribution in [0.5, 0.6) is 5.75 Å². The van der Waals surface area contributed by atoms with E-state index in [0.29, 0.717) is 30.2 Å². The van der Waals surface area contributed by atoms with Crippen LogP contribution >= 0.6 is 0 Å². The van der Waals surface area contributed by atoms with Gasteiger partial charge in [-0.2, -0.15) is 10.2 Å². The van der Waals surface area contributed by atoms with Crippen LogP contribution in [0.1, 0.15) is 18.4 Å². The van der Waals surface area contributed by atoms with Crippen molar-refractivity contribution >= 4 is 11.4 Å². The molecule has 174 valence electrons. The first-order valence-electron chi connectivity index (χ1n) is 11.5. The number of hydrogen-bond acceptors (Lipinski definition) is 5. The van der Waals surface area contributed by atoms with Crippen LogP contribution in [-0.4, -0.2) is 50.4 Å². The Morgan fingerprint density at radius 1 is 1.06 bits per heavy atom. The maximum Gasteiger partial charge on any atom is 0.293 e. The van der Waals surface area contributed by atoms with Crippen LogP contribution in [0.3, 0.4) is 0 Å². The van der Waals surface area contributed by atoms with Gasteiger partial charge in [0.1, 0.15) is 24.1 Å². The van der Waals surface area contributed by atoms with Crippen LogP contribution in [0.15, 0.2) is 71.8 Å². The molecule has 0 atom stereocenters. The fourth-order valence-corrected chi connectivity index (χ4v) is 4.52. The van der Waals surface area contributed by atoms with E-state index in [-0.39, 0.29) is 18.0 Å². The van der Waals surface area contributed by atoms with E-state index >= 15 is 0 Å². The molecule has 4 aromatic rings. The Labute approximate surface area is 197 Å². The number of carbonyl (C=O) groups excluding carboxylic acids is 1. The van der Waals surface area contributed by atoms with E-state index in [1.165, 1.54) is 21.1 Å². The second-order valence-corrected chi connectivity index (χ2v) is 8.70. The zero-order chi connectivity index (χ0) is 23.5. The smallest absolute Gasteiger partial charge is 0.293 e. The summed E-state index contributed by atoms with van der Waals surface area (Å²) in [6.07, 6.45) is 4.45. The molecule has 34 heavy (non-hydrogen) atoms. The molecule has 0 bridgehead atoms. The van der Waals surface area contributed by atoms with Gasteiger partial charge in [-0.15, -0.1) is 0 Å². The maximum atomic E-state index is 13.0. The van der Waals surface area contributed by atoms with E-state index in [1.54, 1.807) is 13.2 Å². The molecule has 0 spiro atoms. The minimum atomic E-state index is -0.331. The number of fused-ring (bicyclic) bond motifs is 1. The number of aromatic nitrogens is 4. The number of methoxy groups -OCH3 is 1. The molecule has 2 aromatic carbocycles. The predicted octanol–water partition coefficient (Wildman–Crippen LogP) is 3.05. The summed E-state index contributed by atoms with van der Waals surface area (Å²) in [6.45, 7) is 1.35. The lowest BCUT2D eigenvalue weighted by Gasteiger charge is -2.32. The summed E-state index contributed by atoms with van der Waals surface area (Å²) < 4.78 is 7.88. The van der Waals surface area contributed by atoms with Crippen molar-refractivity contribution in [3.8, 4) is 17.0 Å². The molecule has 0 N–H and O–H groups in total. The highest BCUT2D eigenvalue weighted by Crippen LogP contribution is 2.23. The normalized spacial score (nSPS) is 14.4. The highest BCUT2D eigenvalue weighted by atomic mass is 16.5. The second kappa shape index (κ2) is 9.51. The van der Waals surface area contributed by atoms with Crippen LogP contribution in [0, 0.1) is 5.92 Å². The summed E-state index contributed by atoms with van der Waals surface area (Å²) in [5.74, 6) is 1.25. The molecule has 2 aromatic heterocycles. The van der Waals surface area contributed by atoms with Gasteiger partial charge in [0.05, 0.1) is 12.8 Å². The van der Waals surface area contributed by atoms with E-state index < -0.39 is 0 Å². The zero-order valence-electron chi connectivity index (χ0n) is 19.1. The van der Waals surface area contributed by atoms with E-state index in [2.05, 4.69) is 34.5 Å². The average Bonchev–Trinajstić information content (AvgIpc) is 3.32. The first-order chi connectivity index (χ1) is 16.6. The molecule has 0 unspecified atom stereocenters. The molecule has 1 saturated heterocycles. The number of nitrogens with zero attached hydrogens (tertiary/aromatic N) is 5. The predicted molar refractivity (Wildman–Crippen MR) is 129 cm³/mol. The topological polar surface area (TPSA) is 81.7 Å². The molecule has 5 rings (SSSR count). The molecule has 1 aliphatic rings. The number of likely N-dealkylation sites (tertiary alicyclic amines) is 1. The lowest BCUT2D eigenvalue weighted by molar-refractivity contribution is -0.133. The number of carbonyl (C=O) groups is 1. The standard InChI is InChI=1S/C26H27N5O3/c1-34-22-9-7-21(8-10-22)23-16-24-26(33)30(27-18-31(24)28-23)17-25(32)29-13-11-20(12-14-29)15-19-5-3-2-4-6-19/h2-10,16,18,20H,11-15,17H2,1H3. The molecule has 0 radical (unpaired) electrons. The van der Waals surface area contributed by atoms with Gasteiger partial charge in [-0.1, -0.05) is 30.3 Å². The number of amides is 1. The number of piperidine rings is 1. The van der Waals surface area contributed by atoms with Crippen LogP contribution in [-0.2, 0) is 17.8 Å². The second-order valence-electron chi connectivity index (χ2n) is 8.70. The van der Waals surface area contributed by atoms with Gasteiger partial charge in [0, 0.05) is 18.7 Å². The molecule has 0 saturated carbocycles. The number of hydrogen-bond donors (Lipinski definition) is 0. The first-order valence-corrected chi connectivity index (χ1v) is 11.5. The Kier molecular flexibility index (Phi) is 6.12. The third-order valence-electron chi connectivity index (χ3n) is 6.49. The van der Waals surface area contributed by atoms with Crippen LogP contribution < -0.4 is 10.3 Å². The van der Waals surface area contributed by atoms with Crippen molar-refractivity contribution in [1.82, 2.24) is 24.3 Å². The van der Waals surface area contributed by atoms with Gasteiger partial charge >= 0.3 is 0 Å². The molecule has 1 aliphatic heterocycles. The summed E-state index contributed by atoms with van der Waals surface area (Å²) >= 11 is 0. The van der Waals surface area contributed by atoms with Crippen molar-refractivity contribution < 1.29 is 9.53 Å². The van der Waals surface area contributed by atoms with Crippen molar-refractivity contribution in [2.24, 2.45) is 5.92 Å². The average molecular weight is 458 g/mol. The Bertz CT molecular complexity index is 1340. The first kappa shape index (κ1) is 21.9.